The number of hydrogen-bond donors (Lipinski definition) is 2. The van der Waals surface area contributed by atoms with E-state index in [0.29, 0.717) is 12.5 Å². The summed E-state index contributed by atoms with van der Waals surface area (Å²) in [4.78, 5) is 11.7. The summed E-state index contributed by atoms with van der Waals surface area (Å²) in [5.74, 6) is 1.02. The van der Waals surface area contributed by atoms with Gasteiger partial charge in [-0.05, 0) is 25.2 Å². The Bertz CT molecular complexity index is 259. The fraction of sp³-hybridized carbons (Fsp3) is 0.923. The summed E-state index contributed by atoms with van der Waals surface area (Å²) < 4.78 is 0. The Kier molecular flexibility index (Phi) is 3.53. The van der Waals surface area contributed by atoms with Crippen LogP contribution >= 0.6 is 0 Å². The highest BCUT2D eigenvalue weighted by molar-refractivity contribution is 5.81. The SMILES string of the molecule is CC1CC1C(=O)NCC1(CO)CCCCC1. The van der Waals surface area contributed by atoms with Crippen molar-refractivity contribution < 1.29 is 9.90 Å². The third kappa shape index (κ3) is 2.57. The molecule has 0 saturated heterocycles. The van der Waals surface area contributed by atoms with Crippen molar-refractivity contribution in [3.05, 3.63) is 0 Å². The minimum absolute atomic E-state index is 0.0218. The summed E-state index contributed by atoms with van der Waals surface area (Å²) >= 11 is 0. The summed E-state index contributed by atoms with van der Waals surface area (Å²) in [7, 11) is 0. The maximum Gasteiger partial charge on any atom is 0.223 e. The molecule has 2 N–H and O–H groups in total. The predicted octanol–water partition coefficient (Wildman–Crippen LogP) is 1.70. The Morgan fingerprint density at radius 3 is 2.50 bits per heavy atom. The number of amides is 1. The molecule has 2 fully saturated rings. The van der Waals surface area contributed by atoms with Crippen LogP contribution in [-0.4, -0.2) is 24.2 Å². The minimum atomic E-state index is -0.0218. The van der Waals surface area contributed by atoms with Crippen LogP contribution in [0.4, 0.5) is 0 Å². The summed E-state index contributed by atoms with van der Waals surface area (Å²) in [5, 5.41) is 12.5. The first kappa shape index (κ1) is 11.9. The van der Waals surface area contributed by atoms with Crippen LogP contribution in [0.1, 0.15) is 45.4 Å². The van der Waals surface area contributed by atoms with Gasteiger partial charge < -0.3 is 10.4 Å². The first-order chi connectivity index (χ1) is 7.67. The molecule has 2 aliphatic carbocycles. The molecule has 2 aliphatic rings. The van der Waals surface area contributed by atoms with Gasteiger partial charge in [-0.2, -0.15) is 0 Å². The standard InChI is InChI=1S/C13H23NO2/c1-10-7-11(10)12(16)14-8-13(9-15)5-3-2-4-6-13/h10-11,15H,2-9H2,1H3,(H,14,16). The van der Waals surface area contributed by atoms with Crippen LogP contribution in [0.25, 0.3) is 0 Å². The first-order valence-electron chi connectivity index (χ1n) is 6.55. The van der Waals surface area contributed by atoms with Gasteiger partial charge >= 0.3 is 0 Å². The Balaban J connectivity index is 1.80. The fourth-order valence-electron chi connectivity index (χ4n) is 2.79. The largest absolute Gasteiger partial charge is 0.396 e. The van der Waals surface area contributed by atoms with E-state index in [-0.39, 0.29) is 23.8 Å². The lowest BCUT2D eigenvalue weighted by Crippen LogP contribution is -2.42. The topological polar surface area (TPSA) is 49.3 Å². The van der Waals surface area contributed by atoms with E-state index in [1.54, 1.807) is 0 Å². The third-order valence-electron chi connectivity index (χ3n) is 4.33. The van der Waals surface area contributed by atoms with Gasteiger partial charge in [-0.25, -0.2) is 0 Å². The van der Waals surface area contributed by atoms with Gasteiger partial charge in [-0.15, -0.1) is 0 Å². The number of carbonyl (C=O) groups excluding carboxylic acids is 1. The van der Waals surface area contributed by atoms with E-state index in [1.807, 2.05) is 0 Å². The van der Waals surface area contributed by atoms with Crippen LogP contribution in [-0.2, 0) is 4.79 Å². The predicted molar refractivity (Wildman–Crippen MR) is 62.9 cm³/mol. The van der Waals surface area contributed by atoms with E-state index in [4.69, 9.17) is 0 Å². The van der Waals surface area contributed by atoms with Crippen LogP contribution in [0.2, 0.25) is 0 Å². The minimum Gasteiger partial charge on any atom is -0.396 e. The van der Waals surface area contributed by atoms with Gasteiger partial charge in [-0.1, -0.05) is 26.2 Å². The summed E-state index contributed by atoms with van der Waals surface area (Å²) in [6.07, 6.45) is 6.81. The molecule has 2 atom stereocenters. The third-order valence-corrected chi connectivity index (χ3v) is 4.33. The number of carbonyl (C=O) groups is 1. The number of aliphatic hydroxyl groups is 1. The fourth-order valence-corrected chi connectivity index (χ4v) is 2.79. The van der Waals surface area contributed by atoms with Gasteiger partial charge in [0, 0.05) is 17.9 Å². The Morgan fingerprint density at radius 2 is 2.00 bits per heavy atom. The molecule has 0 heterocycles. The zero-order chi connectivity index (χ0) is 11.6. The molecule has 2 unspecified atom stereocenters. The smallest absolute Gasteiger partial charge is 0.223 e. The van der Waals surface area contributed by atoms with Crippen LogP contribution in [0.15, 0.2) is 0 Å². The van der Waals surface area contributed by atoms with Gasteiger partial charge in [0.2, 0.25) is 5.91 Å². The molecular weight excluding hydrogens is 202 g/mol. The second-order valence-corrected chi connectivity index (χ2v) is 5.76. The molecule has 0 spiro atoms. The van der Waals surface area contributed by atoms with Crippen LogP contribution in [0.5, 0.6) is 0 Å². The second kappa shape index (κ2) is 4.74. The van der Waals surface area contributed by atoms with Gasteiger partial charge in [0.15, 0.2) is 0 Å². The van der Waals surface area contributed by atoms with Crippen molar-refractivity contribution in [3.63, 3.8) is 0 Å². The van der Waals surface area contributed by atoms with E-state index in [2.05, 4.69) is 12.2 Å². The lowest BCUT2D eigenvalue weighted by atomic mass is 9.74. The highest BCUT2D eigenvalue weighted by atomic mass is 16.3. The highest BCUT2D eigenvalue weighted by Crippen LogP contribution is 2.39. The van der Waals surface area contributed by atoms with Crippen molar-refractivity contribution >= 4 is 5.91 Å². The molecule has 0 bridgehead atoms. The van der Waals surface area contributed by atoms with E-state index >= 15 is 0 Å². The van der Waals surface area contributed by atoms with E-state index in [0.717, 1.165) is 19.3 Å². The maximum absolute atomic E-state index is 11.7. The number of nitrogens with one attached hydrogen (secondary N) is 1. The van der Waals surface area contributed by atoms with Crippen LogP contribution in [0, 0.1) is 17.3 Å². The lowest BCUT2D eigenvalue weighted by molar-refractivity contribution is -0.123. The molecule has 16 heavy (non-hydrogen) atoms. The van der Waals surface area contributed by atoms with Crippen molar-refractivity contribution in [3.8, 4) is 0 Å². The Morgan fingerprint density at radius 1 is 1.38 bits per heavy atom. The number of aliphatic hydroxyl groups excluding tert-OH is 1. The molecular formula is C13H23NO2. The van der Waals surface area contributed by atoms with Crippen LogP contribution < -0.4 is 5.32 Å². The quantitative estimate of drug-likeness (QED) is 0.765. The van der Waals surface area contributed by atoms with E-state index < -0.39 is 0 Å². The number of hydrogen-bond acceptors (Lipinski definition) is 2. The van der Waals surface area contributed by atoms with Gasteiger partial charge in [0.05, 0.1) is 6.61 Å². The summed E-state index contributed by atoms with van der Waals surface area (Å²) in [6.45, 7) is 3.01. The molecule has 0 radical (unpaired) electrons. The van der Waals surface area contributed by atoms with Crippen molar-refractivity contribution in [1.82, 2.24) is 5.32 Å². The highest BCUT2D eigenvalue weighted by Gasteiger charge is 2.40. The first-order valence-corrected chi connectivity index (χ1v) is 6.55. The molecule has 2 saturated carbocycles. The van der Waals surface area contributed by atoms with Crippen molar-refractivity contribution in [2.75, 3.05) is 13.2 Å². The Labute approximate surface area is 97.6 Å². The molecule has 2 rings (SSSR count). The van der Waals surface area contributed by atoms with Gasteiger partial charge in [0.1, 0.15) is 0 Å². The molecule has 3 nitrogen and oxygen atoms in total. The Hall–Kier alpha value is -0.570. The maximum atomic E-state index is 11.7. The lowest BCUT2D eigenvalue weighted by Gasteiger charge is -2.35. The number of rotatable bonds is 4. The molecule has 0 aromatic rings. The average Bonchev–Trinajstić information content (AvgIpc) is 3.05. The van der Waals surface area contributed by atoms with E-state index in [9.17, 15) is 9.90 Å². The zero-order valence-electron chi connectivity index (χ0n) is 10.2. The summed E-state index contributed by atoms with van der Waals surface area (Å²) in [6, 6.07) is 0. The van der Waals surface area contributed by atoms with Crippen LogP contribution in [0.3, 0.4) is 0 Å². The molecule has 1 amide bonds. The second-order valence-electron chi connectivity index (χ2n) is 5.76. The molecule has 0 aromatic carbocycles. The van der Waals surface area contributed by atoms with Crippen molar-refractivity contribution in [2.24, 2.45) is 17.3 Å². The van der Waals surface area contributed by atoms with Crippen molar-refractivity contribution in [1.29, 1.82) is 0 Å². The van der Waals surface area contributed by atoms with Gasteiger partial charge in [-0.3, -0.25) is 4.79 Å². The summed E-state index contributed by atoms with van der Waals surface area (Å²) in [5.41, 5.74) is -0.0218. The molecule has 0 aliphatic heterocycles. The molecule has 0 aromatic heterocycles. The average molecular weight is 225 g/mol. The zero-order valence-corrected chi connectivity index (χ0v) is 10.2. The monoisotopic (exact) mass is 225 g/mol. The molecule has 3 heteroatoms. The normalized spacial score (nSPS) is 32.1. The molecule has 92 valence electrons. The van der Waals surface area contributed by atoms with Gasteiger partial charge in [0.25, 0.3) is 0 Å². The van der Waals surface area contributed by atoms with E-state index in [1.165, 1.54) is 19.3 Å². The van der Waals surface area contributed by atoms with Crippen molar-refractivity contribution in [2.45, 2.75) is 45.4 Å².